The molecule has 3 aliphatic rings. The van der Waals surface area contributed by atoms with Crippen LogP contribution in [-0.4, -0.2) is 42.9 Å². The molecule has 2 heterocycles. The maximum absolute atomic E-state index is 14.0. The molecule has 0 radical (unpaired) electrons. The standard InChI is InChI=1S/C31H48N4O3/c1-4-9-25(29(32)36)24(16-20(2)3)19-33-26-15-14-22-12-8-13-23-17-27(35(28(22)23)31(26)38)30(37)34-18-21-10-6-5-7-11-21/h8,12-13,20-21,24-27,33H,4-7,9-11,14-19H2,1-3H3,(H2,32,36)(H,34,37)/t24-,25+,26+,27+/m1/s1. The number of nitrogens with one attached hydrogen (secondary N) is 2. The fourth-order valence-electron chi connectivity index (χ4n) is 6.99. The summed E-state index contributed by atoms with van der Waals surface area (Å²) in [5, 5.41) is 6.75. The van der Waals surface area contributed by atoms with Gasteiger partial charge < -0.3 is 16.4 Å². The second kappa shape index (κ2) is 13.1. The lowest BCUT2D eigenvalue weighted by Crippen LogP contribution is -2.54. The van der Waals surface area contributed by atoms with Crippen molar-refractivity contribution in [2.45, 2.75) is 103 Å². The van der Waals surface area contributed by atoms with E-state index in [1.165, 1.54) is 32.1 Å². The minimum absolute atomic E-state index is 0.0269. The summed E-state index contributed by atoms with van der Waals surface area (Å²) in [6.07, 6.45) is 10.7. The average molecular weight is 525 g/mol. The zero-order chi connectivity index (χ0) is 27.2. The van der Waals surface area contributed by atoms with E-state index in [1.54, 1.807) is 4.90 Å². The summed E-state index contributed by atoms with van der Waals surface area (Å²) in [5.74, 6) is 0.521. The van der Waals surface area contributed by atoms with Crippen molar-refractivity contribution in [3.8, 4) is 0 Å². The normalized spacial score (nSPS) is 23.2. The fraction of sp³-hybridized carbons (Fsp3) is 0.710. The molecule has 4 N–H and O–H groups in total. The monoisotopic (exact) mass is 524 g/mol. The zero-order valence-electron chi connectivity index (χ0n) is 23.6. The van der Waals surface area contributed by atoms with Crippen LogP contribution in [0.5, 0.6) is 0 Å². The van der Waals surface area contributed by atoms with E-state index in [0.717, 1.165) is 42.5 Å². The van der Waals surface area contributed by atoms with Crippen LogP contribution >= 0.6 is 0 Å². The lowest BCUT2D eigenvalue weighted by atomic mass is 9.82. The third-order valence-electron chi connectivity index (χ3n) is 8.93. The molecule has 0 saturated heterocycles. The van der Waals surface area contributed by atoms with Crippen LogP contribution in [0.3, 0.4) is 0 Å². The highest BCUT2D eigenvalue weighted by atomic mass is 16.2. The molecule has 0 aromatic heterocycles. The van der Waals surface area contributed by atoms with Gasteiger partial charge in [0.05, 0.1) is 11.7 Å². The van der Waals surface area contributed by atoms with Gasteiger partial charge in [0, 0.05) is 18.9 Å². The minimum atomic E-state index is -0.505. The molecule has 38 heavy (non-hydrogen) atoms. The molecule has 210 valence electrons. The van der Waals surface area contributed by atoms with Gasteiger partial charge in [-0.05, 0) is 74.0 Å². The van der Waals surface area contributed by atoms with Gasteiger partial charge in [0.1, 0.15) is 6.04 Å². The predicted molar refractivity (Wildman–Crippen MR) is 152 cm³/mol. The molecule has 1 saturated carbocycles. The fourth-order valence-corrected chi connectivity index (χ4v) is 6.99. The van der Waals surface area contributed by atoms with Crippen molar-refractivity contribution >= 4 is 23.4 Å². The number of hydrogen-bond acceptors (Lipinski definition) is 4. The molecular weight excluding hydrogens is 476 g/mol. The van der Waals surface area contributed by atoms with Crippen LogP contribution in [0.2, 0.25) is 0 Å². The largest absolute Gasteiger partial charge is 0.369 e. The Labute approximate surface area is 228 Å². The van der Waals surface area contributed by atoms with Gasteiger partial charge in [0.15, 0.2) is 0 Å². The maximum Gasteiger partial charge on any atom is 0.244 e. The van der Waals surface area contributed by atoms with Crippen LogP contribution in [0.25, 0.3) is 0 Å². The predicted octanol–water partition coefficient (Wildman–Crippen LogP) is 4.11. The van der Waals surface area contributed by atoms with Gasteiger partial charge in [-0.1, -0.05) is 64.7 Å². The van der Waals surface area contributed by atoms with E-state index < -0.39 is 12.1 Å². The Balaban J connectivity index is 1.50. The average Bonchev–Trinajstić information content (AvgIpc) is 3.23. The van der Waals surface area contributed by atoms with Crippen molar-refractivity contribution in [3.05, 3.63) is 29.3 Å². The van der Waals surface area contributed by atoms with Crippen molar-refractivity contribution in [1.82, 2.24) is 10.6 Å². The van der Waals surface area contributed by atoms with Crippen molar-refractivity contribution in [1.29, 1.82) is 0 Å². The Morgan fingerprint density at radius 2 is 1.84 bits per heavy atom. The number of amides is 3. The Kier molecular flexibility index (Phi) is 9.85. The number of nitrogens with two attached hydrogens (primary N) is 1. The smallest absolute Gasteiger partial charge is 0.244 e. The Morgan fingerprint density at radius 1 is 1.11 bits per heavy atom. The first-order valence-corrected chi connectivity index (χ1v) is 15.0. The highest BCUT2D eigenvalue weighted by Gasteiger charge is 2.43. The van der Waals surface area contributed by atoms with Crippen LogP contribution in [0.15, 0.2) is 18.2 Å². The van der Waals surface area contributed by atoms with Crippen LogP contribution < -0.4 is 21.3 Å². The number of primary amides is 1. The summed E-state index contributed by atoms with van der Waals surface area (Å²) in [5.41, 5.74) is 8.99. The summed E-state index contributed by atoms with van der Waals surface area (Å²) in [7, 11) is 0. The molecule has 1 aromatic carbocycles. The highest BCUT2D eigenvalue weighted by molar-refractivity contribution is 6.06. The van der Waals surface area contributed by atoms with Crippen LogP contribution in [0, 0.1) is 23.7 Å². The first-order chi connectivity index (χ1) is 18.3. The lowest BCUT2D eigenvalue weighted by Gasteiger charge is -2.31. The first-order valence-electron chi connectivity index (χ1n) is 15.0. The number of hydrogen-bond donors (Lipinski definition) is 3. The van der Waals surface area contributed by atoms with Gasteiger partial charge in [-0.25, -0.2) is 0 Å². The SMILES string of the molecule is CCC[C@H](C(N)=O)[C@@H](CN[C@H]1CCc2cccc3c2N(C1=O)[C@H](C(=O)NCC1CCCCC1)C3)CC(C)C. The number of para-hydroxylation sites is 1. The van der Waals surface area contributed by atoms with E-state index in [1.807, 2.05) is 6.07 Å². The van der Waals surface area contributed by atoms with Gasteiger partial charge in [0.25, 0.3) is 0 Å². The molecular formula is C31H48N4O3. The van der Waals surface area contributed by atoms with E-state index in [4.69, 9.17) is 5.73 Å². The molecule has 4 atom stereocenters. The summed E-state index contributed by atoms with van der Waals surface area (Å²) >= 11 is 0. The van der Waals surface area contributed by atoms with Crippen molar-refractivity contribution < 1.29 is 14.4 Å². The first kappa shape index (κ1) is 28.6. The molecule has 1 aliphatic carbocycles. The molecule has 1 fully saturated rings. The van der Waals surface area contributed by atoms with E-state index in [9.17, 15) is 14.4 Å². The summed E-state index contributed by atoms with van der Waals surface area (Å²) in [6.45, 7) is 7.66. The van der Waals surface area contributed by atoms with E-state index in [0.29, 0.717) is 37.8 Å². The zero-order valence-corrected chi connectivity index (χ0v) is 23.6. The minimum Gasteiger partial charge on any atom is -0.369 e. The Morgan fingerprint density at radius 3 is 2.53 bits per heavy atom. The number of carbonyl (C=O) groups is 3. The number of anilines is 1. The molecule has 7 heteroatoms. The van der Waals surface area contributed by atoms with E-state index in [2.05, 4.69) is 43.5 Å². The molecule has 7 nitrogen and oxygen atoms in total. The second-order valence-corrected chi connectivity index (χ2v) is 12.3. The number of aryl methyl sites for hydroxylation is 1. The van der Waals surface area contributed by atoms with Crippen molar-refractivity contribution in [2.24, 2.45) is 29.4 Å². The molecule has 2 aliphatic heterocycles. The maximum atomic E-state index is 14.0. The molecule has 0 unspecified atom stereocenters. The summed E-state index contributed by atoms with van der Waals surface area (Å²) in [4.78, 5) is 41.6. The quantitative estimate of drug-likeness (QED) is 0.383. The Hall–Kier alpha value is -2.41. The number of carbonyl (C=O) groups excluding carboxylic acids is 3. The van der Waals surface area contributed by atoms with E-state index in [-0.39, 0.29) is 29.6 Å². The number of nitrogens with zero attached hydrogens (tertiary/aromatic N) is 1. The second-order valence-electron chi connectivity index (χ2n) is 12.3. The topological polar surface area (TPSA) is 105 Å². The third-order valence-corrected chi connectivity index (χ3v) is 8.93. The molecule has 0 bridgehead atoms. The van der Waals surface area contributed by atoms with Crippen LogP contribution in [0.4, 0.5) is 5.69 Å². The van der Waals surface area contributed by atoms with Crippen molar-refractivity contribution in [2.75, 3.05) is 18.0 Å². The van der Waals surface area contributed by atoms with Crippen molar-refractivity contribution in [3.63, 3.8) is 0 Å². The number of rotatable bonds is 12. The molecule has 1 aromatic rings. The van der Waals surface area contributed by atoms with Gasteiger partial charge in [0.2, 0.25) is 17.7 Å². The van der Waals surface area contributed by atoms with Crippen LogP contribution in [-0.2, 0) is 27.2 Å². The van der Waals surface area contributed by atoms with E-state index >= 15 is 0 Å². The van der Waals surface area contributed by atoms with Crippen LogP contribution in [0.1, 0.15) is 89.7 Å². The summed E-state index contributed by atoms with van der Waals surface area (Å²) in [6, 6.07) is 5.30. The Bertz CT molecular complexity index is 987. The molecule has 4 rings (SSSR count). The molecule has 0 spiro atoms. The molecule has 3 amide bonds. The van der Waals surface area contributed by atoms with Gasteiger partial charge in [-0.2, -0.15) is 0 Å². The van der Waals surface area contributed by atoms with Gasteiger partial charge >= 0.3 is 0 Å². The van der Waals surface area contributed by atoms with Gasteiger partial charge in [-0.15, -0.1) is 0 Å². The summed E-state index contributed by atoms with van der Waals surface area (Å²) < 4.78 is 0. The van der Waals surface area contributed by atoms with Gasteiger partial charge in [-0.3, -0.25) is 19.3 Å². The lowest BCUT2D eigenvalue weighted by molar-refractivity contribution is -0.127. The highest BCUT2D eigenvalue weighted by Crippen LogP contribution is 2.39. The third kappa shape index (κ3) is 6.59. The number of benzene rings is 1.